The van der Waals surface area contributed by atoms with Crippen LogP contribution >= 0.6 is 11.6 Å². The van der Waals surface area contributed by atoms with Gasteiger partial charge in [-0.05, 0) is 43.2 Å². The average molecular weight is 498 g/mol. The SMILES string of the molecule is Cc1ccc(C(=O)N2[C@H](C(=O)NCC(C)C)COC23CCN(C(=O)c2cccc(Cl)c2)CC3)cc1. The van der Waals surface area contributed by atoms with Crippen molar-refractivity contribution in [1.82, 2.24) is 15.1 Å². The first-order valence-electron chi connectivity index (χ1n) is 12.1. The Morgan fingerprint density at radius 2 is 1.74 bits per heavy atom. The number of amides is 3. The summed E-state index contributed by atoms with van der Waals surface area (Å²) in [5.74, 6) is -0.268. The second-order valence-electron chi connectivity index (χ2n) is 9.76. The molecule has 7 nitrogen and oxygen atoms in total. The van der Waals surface area contributed by atoms with Gasteiger partial charge in [0.15, 0.2) is 0 Å². The molecular formula is C27H32ClN3O4. The van der Waals surface area contributed by atoms with Gasteiger partial charge >= 0.3 is 0 Å². The lowest BCUT2D eigenvalue weighted by Gasteiger charge is -2.44. The molecule has 2 saturated heterocycles. The standard InChI is InChI=1S/C27H32ClN3O4/c1-18(2)16-29-24(32)23-17-35-27(31(23)26(34)20-9-7-19(3)8-10-20)11-13-30(14-12-27)25(33)21-5-4-6-22(28)15-21/h4-10,15,18,23H,11-14,16-17H2,1-3H3,(H,29,32)/t23-/m0/s1. The highest BCUT2D eigenvalue weighted by Crippen LogP contribution is 2.39. The third kappa shape index (κ3) is 5.36. The zero-order valence-corrected chi connectivity index (χ0v) is 21.2. The van der Waals surface area contributed by atoms with E-state index in [9.17, 15) is 14.4 Å². The minimum atomic E-state index is -0.938. The van der Waals surface area contributed by atoms with Crippen LogP contribution in [0.5, 0.6) is 0 Å². The van der Waals surface area contributed by atoms with Gasteiger partial charge < -0.3 is 15.0 Å². The molecule has 0 bridgehead atoms. The third-order valence-electron chi connectivity index (χ3n) is 6.67. The summed E-state index contributed by atoms with van der Waals surface area (Å²) < 4.78 is 6.24. The summed E-state index contributed by atoms with van der Waals surface area (Å²) in [6, 6.07) is 13.5. The molecule has 2 aliphatic rings. The van der Waals surface area contributed by atoms with E-state index >= 15 is 0 Å². The molecule has 186 valence electrons. The maximum Gasteiger partial charge on any atom is 0.256 e. The van der Waals surface area contributed by atoms with Crippen molar-refractivity contribution in [3.8, 4) is 0 Å². The van der Waals surface area contributed by atoms with E-state index in [1.165, 1.54) is 0 Å². The molecule has 0 aliphatic carbocycles. The Bertz CT molecular complexity index is 1090. The van der Waals surface area contributed by atoms with Crippen molar-refractivity contribution in [2.45, 2.75) is 45.4 Å². The number of piperidine rings is 1. The van der Waals surface area contributed by atoms with Crippen LogP contribution in [0.2, 0.25) is 5.02 Å². The molecule has 2 heterocycles. The van der Waals surface area contributed by atoms with E-state index in [0.717, 1.165) is 5.56 Å². The molecule has 35 heavy (non-hydrogen) atoms. The average Bonchev–Trinajstić information content (AvgIpc) is 3.21. The number of hydrogen-bond acceptors (Lipinski definition) is 4. The fourth-order valence-electron chi connectivity index (χ4n) is 4.69. The summed E-state index contributed by atoms with van der Waals surface area (Å²) in [5, 5.41) is 3.46. The molecule has 8 heteroatoms. The van der Waals surface area contributed by atoms with E-state index < -0.39 is 11.8 Å². The molecule has 2 aromatic carbocycles. The van der Waals surface area contributed by atoms with Crippen LogP contribution in [0.4, 0.5) is 0 Å². The van der Waals surface area contributed by atoms with Crippen molar-refractivity contribution in [2.75, 3.05) is 26.2 Å². The minimum absolute atomic E-state index is 0.108. The summed E-state index contributed by atoms with van der Waals surface area (Å²) >= 11 is 6.07. The highest BCUT2D eigenvalue weighted by Gasteiger charge is 2.54. The number of ether oxygens (including phenoxy) is 1. The lowest BCUT2D eigenvalue weighted by molar-refractivity contribution is -0.128. The van der Waals surface area contributed by atoms with Crippen LogP contribution in [0.25, 0.3) is 0 Å². The molecule has 0 radical (unpaired) electrons. The van der Waals surface area contributed by atoms with Gasteiger partial charge in [0.25, 0.3) is 11.8 Å². The summed E-state index contributed by atoms with van der Waals surface area (Å²) in [6.07, 6.45) is 0.843. The van der Waals surface area contributed by atoms with Crippen LogP contribution in [-0.4, -0.2) is 65.5 Å². The number of halogens is 1. The third-order valence-corrected chi connectivity index (χ3v) is 6.90. The van der Waals surface area contributed by atoms with Crippen LogP contribution in [0.1, 0.15) is 53.0 Å². The van der Waals surface area contributed by atoms with Crippen molar-refractivity contribution < 1.29 is 19.1 Å². The predicted molar refractivity (Wildman–Crippen MR) is 134 cm³/mol. The molecule has 1 N–H and O–H groups in total. The van der Waals surface area contributed by atoms with Gasteiger partial charge in [-0.1, -0.05) is 49.2 Å². The Balaban J connectivity index is 1.56. The minimum Gasteiger partial charge on any atom is -0.354 e. The number of benzene rings is 2. The van der Waals surface area contributed by atoms with E-state index in [0.29, 0.717) is 48.6 Å². The Labute approximate surface area is 211 Å². The summed E-state index contributed by atoms with van der Waals surface area (Å²) in [7, 11) is 0. The van der Waals surface area contributed by atoms with Gasteiger partial charge in [-0.3, -0.25) is 19.3 Å². The first kappa shape index (κ1) is 25.2. The fraction of sp³-hybridized carbons (Fsp3) is 0.444. The number of nitrogens with zero attached hydrogens (tertiary/aromatic N) is 2. The molecule has 4 rings (SSSR count). The van der Waals surface area contributed by atoms with Crippen LogP contribution < -0.4 is 5.32 Å². The van der Waals surface area contributed by atoms with Gasteiger partial charge in [0.05, 0.1) is 6.61 Å². The highest BCUT2D eigenvalue weighted by atomic mass is 35.5. The number of carbonyl (C=O) groups excluding carboxylic acids is 3. The molecule has 2 fully saturated rings. The van der Waals surface area contributed by atoms with Crippen LogP contribution in [0.3, 0.4) is 0 Å². The first-order chi connectivity index (χ1) is 16.7. The molecule has 0 saturated carbocycles. The van der Waals surface area contributed by atoms with Gasteiger partial charge in [-0.25, -0.2) is 0 Å². The maximum atomic E-state index is 13.7. The zero-order valence-electron chi connectivity index (χ0n) is 20.4. The van der Waals surface area contributed by atoms with E-state index in [-0.39, 0.29) is 30.2 Å². The Morgan fingerprint density at radius 3 is 2.37 bits per heavy atom. The van der Waals surface area contributed by atoms with Crippen molar-refractivity contribution >= 4 is 29.3 Å². The Hall–Kier alpha value is -2.90. The summed E-state index contributed by atoms with van der Waals surface area (Å²) in [6.45, 7) is 7.47. The van der Waals surface area contributed by atoms with Crippen LogP contribution in [0, 0.1) is 12.8 Å². The number of rotatable bonds is 5. The summed E-state index contributed by atoms with van der Waals surface area (Å²) in [5.41, 5.74) is 1.15. The number of likely N-dealkylation sites (tertiary alicyclic amines) is 1. The van der Waals surface area contributed by atoms with E-state index in [2.05, 4.69) is 5.32 Å². The van der Waals surface area contributed by atoms with E-state index in [1.54, 1.807) is 46.2 Å². The molecule has 1 spiro atoms. The Morgan fingerprint density at radius 1 is 1.06 bits per heavy atom. The number of aryl methyl sites for hydroxylation is 1. The zero-order chi connectivity index (χ0) is 25.2. The van der Waals surface area contributed by atoms with Gasteiger partial charge in [0.2, 0.25) is 5.91 Å². The van der Waals surface area contributed by atoms with Crippen molar-refractivity contribution in [3.05, 3.63) is 70.2 Å². The second kappa shape index (κ2) is 10.4. The fourth-order valence-corrected chi connectivity index (χ4v) is 4.88. The van der Waals surface area contributed by atoms with E-state index in [4.69, 9.17) is 16.3 Å². The molecule has 3 amide bonds. The van der Waals surface area contributed by atoms with Gasteiger partial charge in [0.1, 0.15) is 11.8 Å². The van der Waals surface area contributed by atoms with Crippen LogP contribution in [-0.2, 0) is 9.53 Å². The van der Waals surface area contributed by atoms with Crippen molar-refractivity contribution in [2.24, 2.45) is 5.92 Å². The van der Waals surface area contributed by atoms with Gasteiger partial charge in [-0.2, -0.15) is 0 Å². The second-order valence-corrected chi connectivity index (χ2v) is 10.2. The van der Waals surface area contributed by atoms with Gasteiger partial charge in [0, 0.05) is 48.6 Å². The smallest absolute Gasteiger partial charge is 0.256 e. The largest absolute Gasteiger partial charge is 0.354 e. The van der Waals surface area contributed by atoms with Crippen molar-refractivity contribution in [3.63, 3.8) is 0 Å². The highest BCUT2D eigenvalue weighted by molar-refractivity contribution is 6.30. The normalized spacial score (nSPS) is 19.3. The maximum absolute atomic E-state index is 13.7. The molecular weight excluding hydrogens is 466 g/mol. The number of nitrogens with one attached hydrogen (secondary N) is 1. The van der Waals surface area contributed by atoms with Crippen molar-refractivity contribution in [1.29, 1.82) is 0 Å². The quantitative estimate of drug-likeness (QED) is 0.679. The molecule has 0 unspecified atom stereocenters. The number of hydrogen-bond donors (Lipinski definition) is 1. The van der Waals surface area contributed by atoms with E-state index in [1.807, 2.05) is 32.9 Å². The molecule has 2 aliphatic heterocycles. The number of carbonyl (C=O) groups is 3. The monoisotopic (exact) mass is 497 g/mol. The first-order valence-corrected chi connectivity index (χ1v) is 12.4. The lowest BCUT2D eigenvalue weighted by atomic mass is 9.96. The molecule has 1 atom stereocenters. The molecule has 0 aromatic heterocycles. The summed E-state index contributed by atoms with van der Waals surface area (Å²) in [4.78, 5) is 43.2. The lowest BCUT2D eigenvalue weighted by Crippen LogP contribution is -2.60. The van der Waals surface area contributed by atoms with Gasteiger partial charge in [-0.15, -0.1) is 0 Å². The Kier molecular flexibility index (Phi) is 7.47. The topological polar surface area (TPSA) is 79.0 Å². The van der Waals surface area contributed by atoms with Crippen LogP contribution in [0.15, 0.2) is 48.5 Å². The molecule has 2 aromatic rings. The predicted octanol–water partition coefficient (Wildman–Crippen LogP) is 3.89.